The van der Waals surface area contributed by atoms with E-state index in [0.29, 0.717) is 19.1 Å². The van der Waals surface area contributed by atoms with Gasteiger partial charge in [0.15, 0.2) is 12.1 Å². The first-order valence-electron chi connectivity index (χ1n) is 8.22. The molecule has 2 aliphatic heterocycles. The van der Waals surface area contributed by atoms with E-state index in [9.17, 15) is 0 Å². The van der Waals surface area contributed by atoms with Crippen molar-refractivity contribution in [1.82, 2.24) is 0 Å². The Kier molecular flexibility index (Phi) is 4.83. The summed E-state index contributed by atoms with van der Waals surface area (Å²) in [4.78, 5) is 0. The summed E-state index contributed by atoms with van der Waals surface area (Å²) in [6, 6.07) is 10.3. The molecule has 2 heterocycles. The van der Waals surface area contributed by atoms with Crippen LogP contribution in [0, 0.1) is 5.92 Å². The van der Waals surface area contributed by atoms with Crippen LogP contribution in [0.1, 0.15) is 39.2 Å². The molecule has 0 bridgehead atoms. The molecule has 2 fully saturated rings. The van der Waals surface area contributed by atoms with E-state index in [1.165, 1.54) is 5.56 Å². The zero-order valence-corrected chi connectivity index (χ0v) is 13.7. The maximum absolute atomic E-state index is 6.03. The van der Waals surface area contributed by atoms with E-state index in [1.54, 1.807) is 0 Å². The molecule has 3 rings (SSSR count). The van der Waals surface area contributed by atoms with Gasteiger partial charge in [0.25, 0.3) is 0 Å². The van der Waals surface area contributed by atoms with Crippen LogP contribution in [0.25, 0.3) is 0 Å². The van der Waals surface area contributed by atoms with Crippen molar-refractivity contribution in [2.75, 3.05) is 6.61 Å². The summed E-state index contributed by atoms with van der Waals surface area (Å²) in [5.41, 5.74) is 1.21. The highest BCUT2D eigenvalue weighted by atomic mass is 16.8. The first kappa shape index (κ1) is 15.9. The number of hydrogen-bond acceptors (Lipinski definition) is 4. The second-order valence-corrected chi connectivity index (χ2v) is 6.54. The van der Waals surface area contributed by atoms with Crippen molar-refractivity contribution in [2.24, 2.45) is 5.92 Å². The number of hydrogen-bond donors (Lipinski definition) is 0. The Hall–Kier alpha value is -0.940. The standard InChI is InChI=1S/C18H26O4/c1-4-15-14(16-17(20-15)22-18(2,3)21-16)10-11-19-12-13-8-6-5-7-9-13/h5-9,14-17H,4,10-12H2,1-3H3/t14-,15+,16?,17+/m0/s1. The van der Waals surface area contributed by atoms with Gasteiger partial charge >= 0.3 is 0 Å². The Morgan fingerprint density at radius 1 is 1.14 bits per heavy atom. The van der Waals surface area contributed by atoms with Gasteiger partial charge in [0.2, 0.25) is 0 Å². The van der Waals surface area contributed by atoms with Gasteiger partial charge in [-0.15, -0.1) is 0 Å². The summed E-state index contributed by atoms with van der Waals surface area (Å²) < 4.78 is 23.7. The van der Waals surface area contributed by atoms with Gasteiger partial charge in [-0.3, -0.25) is 0 Å². The van der Waals surface area contributed by atoms with E-state index in [1.807, 2.05) is 32.0 Å². The fourth-order valence-electron chi connectivity index (χ4n) is 3.37. The summed E-state index contributed by atoms with van der Waals surface area (Å²) in [6.45, 7) is 7.40. The van der Waals surface area contributed by atoms with Gasteiger partial charge in [0.1, 0.15) is 6.10 Å². The molecule has 0 aromatic heterocycles. The average Bonchev–Trinajstić information content (AvgIpc) is 2.96. The topological polar surface area (TPSA) is 36.9 Å². The van der Waals surface area contributed by atoms with Gasteiger partial charge in [-0.2, -0.15) is 0 Å². The van der Waals surface area contributed by atoms with Crippen molar-refractivity contribution in [3.8, 4) is 0 Å². The Labute approximate surface area is 132 Å². The highest BCUT2D eigenvalue weighted by molar-refractivity contribution is 5.13. The first-order chi connectivity index (χ1) is 10.6. The summed E-state index contributed by atoms with van der Waals surface area (Å²) >= 11 is 0. The summed E-state index contributed by atoms with van der Waals surface area (Å²) in [5.74, 6) is -0.204. The van der Waals surface area contributed by atoms with E-state index in [4.69, 9.17) is 18.9 Å². The fraction of sp³-hybridized carbons (Fsp3) is 0.667. The lowest BCUT2D eigenvalue weighted by Crippen LogP contribution is -2.30. The van der Waals surface area contributed by atoms with Crippen molar-refractivity contribution >= 4 is 0 Å². The van der Waals surface area contributed by atoms with E-state index >= 15 is 0 Å². The third-order valence-electron chi connectivity index (χ3n) is 4.41. The Morgan fingerprint density at radius 3 is 2.64 bits per heavy atom. The molecule has 1 aromatic carbocycles. The number of rotatable bonds is 6. The van der Waals surface area contributed by atoms with E-state index in [0.717, 1.165) is 12.8 Å². The monoisotopic (exact) mass is 306 g/mol. The number of ether oxygens (including phenoxy) is 4. The lowest BCUT2D eigenvalue weighted by atomic mass is 9.93. The molecule has 2 aliphatic rings. The van der Waals surface area contributed by atoms with Crippen LogP contribution < -0.4 is 0 Å². The van der Waals surface area contributed by atoms with E-state index in [2.05, 4.69) is 19.1 Å². The molecule has 0 radical (unpaired) electrons. The van der Waals surface area contributed by atoms with Crippen LogP contribution in [0.4, 0.5) is 0 Å². The third kappa shape index (κ3) is 3.51. The Balaban J connectivity index is 1.50. The normalized spacial score (nSPS) is 33.0. The molecule has 4 atom stereocenters. The largest absolute Gasteiger partial charge is 0.377 e. The van der Waals surface area contributed by atoms with Gasteiger partial charge in [0, 0.05) is 12.5 Å². The molecule has 0 spiro atoms. The van der Waals surface area contributed by atoms with Crippen molar-refractivity contribution < 1.29 is 18.9 Å². The van der Waals surface area contributed by atoms with Crippen LogP contribution >= 0.6 is 0 Å². The third-order valence-corrected chi connectivity index (χ3v) is 4.41. The fourth-order valence-corrected chi connectivity index (χ4v) is 3.37. The lowest BCUT2D eigenvalue weighted by Gasteiger charge is -2.25. The van der Waals surface area contributed by atoms with Gasteiger partial charge in [-0.1, -0.05) is 37.3 Å². The van der Waals surface area contributed by atoms with Crippen LogP contribution in [0.15, 0.2) is 30.3 Å². The minimum absolute atomic E-state index is 0.0280. The molecule has 0 amide bonds. The molecule has 122 valence electrons. The Morgan fingerprint density at radius 2 is 1.91 bits per heavy atom. The number of fused-ring (bicyclic) bond motifs is 1. The molecule has 0 aliphatic carbocycles. The molecule has 0 N–H and O–H groups in total. The second-order valence-electron chi connectivity index (χ2n) is 6.54. The highest BCUT2D eigenvalue weighted by Crippen LogP contribution is 2.42. The van der Waals surface area contributed by atoms with Crippen LogP contribution in [-0.4, -0.2) is 30.9 Å². The van der Waals surface area contributed by atoms with Crippen LogP contribution in [-0.2, 0) is 25.6 Å². The van der Waals surface area contributed by atoms with Crippen LogP contribution in [0.3, 0.4) is 0 Å². The van der Waals surface area contributed by atoms with Crippen molar-refractivity contribution in [2.45, 2.75) is 64.5 Å². The highest BCUT2D eigenvalue weighted by Gasteiger charge is 2.53. The smallest absolute Gasteiger partial charge is 0.187 e. The molecule has 1 unspecified atom stereocenters. The molecule has 22 heavy (non-hydrogen) atoms. The second kappa shape index (κ2) is 6.67. The summed E-state index contributed by atoms with van der Waals surface area (Å²) in [6.07, 6.45) is 1.92. The summed E-state index contributed by atoms with van der Waals surface area (Å²) in [5, 5.41) is 0. The van der Waals surface area contributed by atoms with Gasteiger partial charge < -0.3 is 18.9 Å². The van der Waals surface area contributed by atoms with E-state index in [-0.39, 0.29) is 18.5 Å². The maximum Gasteiger partial charge on any atom is 0.187 e. The van der Waals surface area contributed by atoms with Crippen LogP contribution in [0.5, 0.6) is 0 Å². The molecule has 1 aromatic rings. The maximum atomic E-state index is 6.03. The SMILES string of the molecule is CC[C@H]1O[C@@H]2OC(C)(C)OC2[C@H]1CCOCc1ccccc1. The molecular formula is C18H26O4. The summed E-state index contributed by atoms with van der Waals surface area (Å²) in [7, 11) is 0. The van der Waals surface area contributed by atoms with Crippen molar-refractivity contribution in [1.29, 1.82) is 0 Å². The predicted molar refractivity (Wildman–Crippen MR) is 83.2 cm³/mol. The van der Waals surface area contributed by atoms with Gasteiger partial charge in [0.05, 0.1) is 12.7 Å². The lowest BCUT2D eigenvalue weighted by molar-refractivity contribution is -0.210. The minimum Gasteiger partial charge on any atom is -0.377 e. The molecule has 4 heteroatoms. The molecule has 4 nitrogen and oxygen atoms in total. The minimum atomic E-state index is -0.544. The van der Waals surface area contributed by atoms with Crippen molar-refractivity contribution in [3.05, 3.63) is 35.9 Å². The molecule has 2 saturated heterocycles. The molecular weight excluding hydrogens is 280 g/mol. The van der Waals surface area contributed by atoms with Crippen LogP contribution in [0.2, 0.25) is 0 Å². The van der Waals surface area contributed by atoms with Gasteiger partial charge in [-0.25, -0.2) is 0 Å². The van der Waals surface area contributed by atoms with Gasteiger partial charge in [-0.05, 0) is 32.3 Å². The first-order valence-corrected chi connectivity index (χ1v) is 8.22. The Bertz CT molecular complexity index is 473. The zero-order valence-electron chi connectivity index (χ0n) is 13.7. The zero-order chi connectivity index (χ0) is 15.6. The average molecular weight is 306 g/mol. The van der Waals surface area contributed by atoms with Crippen molar-refractivity contribution in [3.63, 3.8) is 0 Å². The quantitative estimate of drug-likeness (QED) is 0.754. The number of benzene rings is 1. The van der Waals surface area contributed by atoms with E-state index < -0.39 is 5.79 Å². The predicted octanol–water partition coefficient (Wildman–Crippen LogP) is 3.50. The molecule has 0 saturated carbocycles.